The number of ether oxygens (including phenoxy) is 2. The van der Waals surface area contributed by atoms with Crippen molar-refractivity contribution in [2.24, 2.45) is 16.2 Å². The molecule has 2 aromatic heterocycles. The van der Waals surface area contributed by atoms with Crippen LogP contribution in [0.1, 0.15) is 90.6 Å². The lowest BCUT2D eigenvalue weighted by atomic mass is 9.81. The molecule has 0 radical (unpaired) electrons. The zero-order chi connectivity index (χ0) is 37.4. The van der Waals surface area contributed by atoms with Crippen molar-refractivity contribution >= 4 is 44.7 Å². The maximum atomic E-state index is 14.7. The minimum Gasteiger partial charge on any atom is -0.491 e. The van der Waals surface area contributed by atoms with Gasteiger partial charge in [-0.2, -0.15) is 5.10 Å². The van der Waals surface area contributed by atoms with Crippen molar-refractivity contribution < 1.29 is 23.3 Å². The van der Waals surface area contributed by atoms with E-state index in [1.165, 1.54) is 34.6 Å². The number of hydrogen-bond acceptors (Lipinski definition) is 8. The molecular formula is C40H49ClN6O5S. The van der Waals surface area contributed by atoms with E-state index in [2.05, 4.69) is 43.1 Å². The number of fused-ring (bicyclic) bond motifs is 3. The van der Waals surface area contributed by atoms with Gasteiger partial charge in [0.25, 0.3) is 11.8 Å². The molecule has 2 aromatic carbocycles. The Labute approximate surface area is 317 Å². The fraction of sp³-hybridized carbons (Fsp3) is 0.450. The molecule has 1 fully saturated rings. The Kier molecular flexibility index (Phi) is 12.9. The summed E-state index contributed by atoms with van der Waals surface area (Å²) in [5.41, 5.74) is 4.15. The second-order valence-electron chi connectivity index (χ2n) is 14.1. The molecule has 6 rings (SSSR count). The van der Waals surface area contributed by atoms with Crippen molar-refractivity contribution in [3.8, 4) is 5.75 Å². The average Bonchev–Trinajstić information content (AvgIpc) is 3.58. The van der Waals surface area contributed by atoms with Crippen molar-refractivity contribution in [2.45, 2.75) is 77.9 Å². The van der Waals surface area contributed by atoms with Crippen LogP contribution in [-0.4, -0.2) is 62.7 Å². The Balaban J connectivity index is 1.31. The lowest BCUT2D eigenvalue weighted by Crippen LogP contribution is -2.35. The van der Waals surface area contributed by atoms with Crippen molar-refractivity contribution in [2.75, 3.05) is 30.9 Å². The first-order valence-corrected chi connectivity index (χ1v) is 20.6. The maximum Gasteiger partial charge on any atom is 0.286 e. The molecule has 1 saturated carbocycles. The summed E-state index contributed by atoms with van der Waals surface area (Å²) in [6, 6.07) is 14.5. The van der Waals surface area contributed by atoms with Crippen LogP contribution in [0.2, 0.25) is 5.02 Å². The fourth-order valence-corrected chi connectivity index (χ4v) is 8.99. The largest absolute Gasteiger partial charge is 0.491 e. The SMILES string of the molecule is CCCN1Cc2ccc(Cl)cc2CCCCOc2ccc(C(=O)N=S(=O)(C[C@@H](C)C/C=C/[C@H](OC)C3CCC3)NC(=O)c3ccc4ncnn4c3)cc21. The van der Waals surface area contributed by atoms with Gasteiger partial charge >= 0.3 is 0 Å². The highest BCUT2D eigenvalue weighted by atomic mass is 35.5. The maximum absolute atomic E-state index is 14.7. The first-order valence-electron chi connectivity index (χ1n) is 18.5. The summed E-state index contributed by atoms with van der Waals surface area (Å²) < 4.78 is 35.0. The van der Waals surface area contributed by atoms with Crippen LogP contribution in [0, 0.1) is 11.8 Å². The van der Waals surface area contributed by atoms with Gasteiger partial charge in [0.15, 0.2) is 5.65 Å². The van der Waals surface area contributed by atoms with Gasteiger partial charge in [0.05, 0.1) is 29.7 Å². The smallest absolute Gasteiger partial charge is 0.286 e. The molecule has 0 spiro atoms. The third kappa shape index (κ3) is 9.84. The van der Waals surface area contributed by atoms with Gasteiger partial charge in [0, 0.05) is 37.0 Å². The lowest BCUT2D eigenvalue weighted by molar-refractivity contribution is 0.0534. The molecule has 3 atom stereocenters. The predicted octanol–water partition coefficient (Wildman–Crippen LogP) is 7.87. The molecular weight excluding hydrogens is 712 g/mol. The van der Waals surface area contributed by atoms with Crippen LogP contribution in [0.15, 0.2) is 77.6 Å². The number of aromatic nitrogens is 3. The van der Waals surface area contributed by atoms with E-state index >= 15 is 0 Å². The van der Waals surface area contributed by atoms with Gasteiger partial charge in [0.1, 0.15) is 22.0 Å². The van der Waals surface area contributed by atoms with Crippen LogP contribution < -0.4 is 14.4 Å². The molecule has 13 heteroatoms. The minimum absolute atomic E-state index is 0.0309. The molecule has 4 aromatic rings. The summed E-state index contributed by atoms with van der Waals surface area (Å²) >= 11 is 6.39. The summed E-state index contributed by atoms with van der Waals surface area (Å²) in [6.45, 7) is 5.89. The van der Waals surface area contributed by atoms with E-state index in [0.717, 1.165) is 44.2 Å². The highest BCUT2D eigenvalue weighted by Crippen LogP contribution is 2.34. The average molecular weight is 761 g/mol. The van der Waals surface area contributed by atoms with Gasteiger partial charge in [0.2, 0.25) is 0 Å². The van der Waals surface area contributed by atoms with Crippen molar-refractivity contribution in [3.63, 3.8) is 0 Å². The molecule has 1 aliphatic carbocycles. The Hall–Kier alpha value is -4.26. The molecule has 1 unspecified atom stereocenters. The van der Waals surface area contributed by atoms with E-state index in [1.807, 2.05) is 25.1 Å². The minimum atomic E-state index is -3.60. The summed E-state index contributed by atoms with van der Waals surface area (Å²) in [4.78, 5) is 34.0. The Morgan fingerprint density at radius 3 is 2.72 bits per heavy atom. The first-order chi connectivity index (χ1) is 25.6. The quantitative estimate of drug-likeness (QED) is 0.145. The first kappa shape index (κ1) is 38.5. The number of benzene rings is 2. The Bertz CT molecular complexity index is 2070. The molecule has 11 nitrogen and oxygen atoms in total. The van der Waals surface area contributed by atoms with Crippen molar-refractivity contribution in [1.82, 2.24) is 19.3 Å². The standard InChI is InChI=1S/C40H49ClN6O5S/c1-4-20-46-24-32-14-17-34(41)22-30(32)10-5-6-21-52-37-18-15-31(23-35(37)46)39(48)44-53(50,26-28(2)9-7-13-36(51-3)29-11-8-12-29)45-40(49)33-16-19-38-42-27-43-47(38)25-33/h7,13-19,22-23,25,27-29,36H,4-6,8-12,20-21,24,26H2,1-3H3,(H,44,45,48,49,50)/b13-7+/t28-,36-,53?/m0/s1. The monoisotopic (exact) mass is 760 g/mol. The number of methoxy groups -OCH3 is 1. The molecule has 2 amide bonds. The van der Waals surface area contributed by atoms with E-state index in [0.29, 0.717) is 48.5 Å². The molecule has 0 bridgehead atoms. The number of nitrogens with one attached hydrogen (secondary N) is 1. The Morgan fingerprint density at radius 1 is 1.11 bits per heavy atom. The van der Waals surface area contributed by atoms with E-state index < -0.39 is 21.7 Å². The number of carbonyl (C=O) groups is 2. The third-order valence-corrected chi connectivity index (χ3v) is 12.2. The second-order valence-corrected chi connectivity index (χ2v) is 16.5. The lowest BCUT2D eigenvalue weighted by Gasteiger charge is -2.30. The topological polar surface area (TPSA) is 127 Å². The fourth-order valence-electron chi connectivity index (χ4n) is 6.90. The van der Waals surface area contributed by atoms with Crippen LogP contribution >= 0.6 is 11.6 Å². The molecule has 0 saturated heterocycles. The predicted molar refractivity (Wildman–Crippen MR) is 209 cm³/mol. The normalized spacial score (nSPS) is 17.4. The van der Waals surface area contributed by atoms with Gasteiger partial charge in [-0.1, -0.05) is 50.1 Å². The molecule has 53 heavy (non-hydrogen) atoms. The van der Waals surface area contributed by atoms with Crippen LogP contribution in [0.5, 0.6) is 5.75 Å². The van der Waals surface area contributed by atoms with Gasteiger partial charge in [-0.15, -0.1) is 4.36 Å². The highest BCUT2D eigenvalue weighted by Gasteiger charge is 2.26. The van der Waals surface area contributed by atoms with Crippen molar-refractivity contribution in [1.29, 1.82) is 0 Å². The summed E-state index contributed by atoms with van der Waals surface area (Å²) in [7, 11) is -1.88. The van der Waals surface area contributed by atoms with Crippen LogP contribution in [-0.2, 0) is 27.6 Å². The number of rotatable bonds is 12. The van der Waals surface area contributed by atoms with Crippen molar-refractivity contribution in [3.05, 3.63) is 100 Å². The second kappa shape index (κ2) is 17.7. The van der Waals surface area contributed by atoms with E-state index in [4.69, 9.17) is 21.1 Å². The molecule has 1 aliphatic heterocycles. The molecule has 282 valence electrons. The number of pyridine rings is 1. The molecule has 3 heterocycles. The number of amides is 2. The number of anilines is 1. The molecule has 2 aliphatic rings. The zero-order valence-corrected chi connectivity index (χ0v) is 32.3. The summed E-state index contributed by atoms with van der Waals surface area (Å²) in [6.07, 6.45) is 14.7. The highest BCUT2D eigenvalue weighted by molar-refractivity contribution is 7.92. The number of carbonyl (C=O) groups excluding carboxylic acids is 2. The number of allylic oxidation sites excluding steroid dienone is 1. The van der Waals surface area contributed by atoms with Gasteiger partial charge in [-0.05, 0) is 110 Å². The third-order valence-electron chi connectivity index (χ3n) is 9.95. The van der Waals surface area contributed by atoms with Crippen LogP contribution in [0.3, 0.4) is 0 Å². The van der Waals surface area contributed by atoms with E-state index in [9.17, 15) is 13.8 Å². The van der Waals surface area contributed by atoms with Crippen LogP contribution in [0.25, 0.3) is 5.65 Å². The van der Waals surface area contributed by atoms with E-state index in [1.54, 1.807) is 37.4 Å². The number of aryl methyl sites for hydroxylation is 1. The number of halogens is 1. The molecule has 1 N–H and O–H groups in total. The van der Waals surface area contributed by atoms with Crippen LogP contribution in [0.4, 0.5) is 5.69 Å². The van der Waals surface area contributed by atoms with Gasteiger partial charge < -0.3 is 14.4 Å². The van der Waals surface area contributed by atoms with Gasteiger partial charge in [-0.25, -0.2) is 13.7 Å². The number of hydrogen-bond donors (Lipinski definition) is 1. The summed E-state index contributed by atoms with van der Waals surface area (Å²) in [5.74, 6) is -0.339. The Morgan fingerprint density at radius 2 is 1.94 bits per heavy atom. The van der Waals surface area contributed by atoms with Gasteiger partial charge in [-0.3, -0.25) is 14.3 Å². The number of nitrogens with zero attached hydrogens (tertiary/aromatic N) is 5. The zero-order valence-electron chi connectivity index (χ0n) is 30.7. The van der Waals surface area contributed by atoms with E-state index in [-0.39, 0.29) is 28.9 Å². The summed E-state index contributed by atoms with van der Waals surface area (Å²) in [5, 5.41) is 4.82.